The van der Waals surface area contributed by atoms with Crippen LogP contribution in [-0.4, -0.2) is 26.6 Å². The van der Waals surface area contributed by atoms with Gasteiger partial charge in [-0.15, -0.1) is 0 Å². The van der Waals surface area contributed by atoms with Crippen molar-refractivity contribution in [3.8, 4) is 0 Å². The molecule has 0 bridgehead atoms. The summed E-state index contributed by atoms with van der Waals surface area (Å²) in [6, 6.07) is 9.13. The number of aryl methyl sites for hydroxylation is 2. The van der Waals surface area contributed by atoms with Gasteiger partial charge < -0.3 is 11.1 Å². The molecule has 7 nitrogen and oxygen atoms in total. The number of nitrogens with one attached hydrogen (secondary N) is 1. The van der Waals surface area contributed by atoms with E-state index in [1.165, 1.54) is 0 Å². The van der Waals surface area contributed by atoms with Gasteiger partial charge in [-0.1, -0.05) is 38.5 Å². The fourth-order valence-electron chi connectivity index (χ4n) is 3.15. The van der Waals surface area contributed by atoms with Crippen LogP contribution in [0.2, 0.25) is 0 Å². The van der Waals surface area contributed by atoms with Crippen LogP contribution in [0.3, 0.4) is 0 Å². The molecule has 0 saturated carbocycles. The van der Waals surface area contributed by atoms with Crippen LogP contribution in [-0.2, 0) is 6.54 Å². The molecule has 3 N–H and O–H groups in total. The second-order valence-corrected chi connectivity index (χ2v) is 7.21. The number of hydrogen-bond donors (Lipinski definition) is 2. The van der Waals surface area contributed by atoms with Gasteiger partial charge in [0.2, 0.25) is 0 Å². The SMILES string of the molecule is CCCn1nc(C(N)=O)c2c(C(C)C)cc(NC(=O)c3ccc(C)cc3)nc21. The molecule has 0 aliphatic heterocycles. The molecule has 0 aliphatic rings. The lowest BCUT2D eigenvalue weighted by Gasteiger charge is -2.12. The van der Waals surface area contributed by atoms with Gasteiger partial charge in [0, 0.05) is 12.1 Å². The summed E-state index contributed by atoms with van der Waals surface area (Å²) in [5.41, 5.74) is 8.84. The normalized spacial score (nSPS) is 11.2. The van der Waals surface area contributed by atoms with Crippen LogP contribution in [0.5, 0.6) is 0 Å². The first-order valence-corrected chi connectivity index (χ1v) is 9.41. The molecule has 2 amide bonds. The zero-order valence-corrected chi connectivity index (χ0v) is 16.6. The van der Waals surface area contributed by atoms with Crippen LogP contribution in [0.25, 0.3) is 11.0 Å². The largest absolute Gasteiger partial charge is 0.364 e. The van der Waals surface area contributed by atoms with Crippen molar-refractivity contribution in [3.63, 3.8) is 0 Å². The lowest BCUT2D eigenvalue weighted by atomic mass is 9.99. The van der Waals surface area contributed by atoms with Gasteiger partial charge in [0.1, 0.15) is 5.82 Å². The Bertz CT molecular complexity index is 1040. The van der Waals surface area contributed by atoms with Crippen LogP contribution in [0, 0.1) is 6.92 Å². The minimum Gasteiger partial charge on any atom is -0.364 e. The summed E-state index contributed by atoms with van der Waals surface area (Å²) in [5.74, 6) is -0.300. The predicted octanol–water partition coefficient (Wildman–Crippen LogP) is 3.62. The second kappa shape index (κ2) is 7.80. The number of nitrogens with two attached hydrogens (primary N) is 1. The Morgan fingerprint density at radius 1 is 1.21 bits per heavy atom. The number of hydrogen-bond acceptors (Lipinski definition) is 4. The predicted molar refractivity (Wildman–Crippen MR) is 110 cm³/mol. The van der Waals surface area contributed by atoms with Crippen molar-refractivity contribution in [3.05, 3.63) is 52.7 Å². The van der Waals surface area contributed by atoms with Crippen molar-refractivity contribution in [1.29, 1.82) is 0 Å². The Kier molecular flexibility index (Phi) is 5.44. The summed E-state index contributed by atoms with van der Waals surface area (Å²) in [5, 5.41) is 7.90. The molecule has 146 valence electrons. The van der Waals surface area contributed by atoms with Gasteiger partial charge in [-0.3, -0.25) is 9.59 Å². The number of benzene rings is 1. The highest BCUT2D eigenvalue weighted by Crippen LogP contribution is 2.30. The zero-order chi connectivity index (χ0) is 20.4. The first-order valence-electron chi connectivity index (χ1n) is 9.41. The van der Waals surface area contributed by atoms with Crippen molar-refractivity contribution in [1.82, 2.24) is 14.8 Å². The monoisotopic (exact) mass is 379 g/mol. The fraction of sp³-hybridized carbons (Fsp3) is 0.333. The van der Waals surface area contributed by atoms with Crippen LogP contribution in [0.1, 0.15) is 65.1 Å². The number of nitrogens with zero attached hydrogens (tertiary/aromatic N) is 3. The van der Waals surface area contributed by atoms with Crippen molar-refractivity contribution >= 4 is 28.7 Å². The zero-order valence-electron chi connectivity index (χ0n) is 16.6. The molecule has 2 heterocycles. The molecular formula is C21H25N5O2. The summed E-state index contributed by atoms with van der Waals surface area (Å²) in [4.78, 5) is 29.1. The maximum atomic E-state index is 12.6. The molecule has 0 aliphatic carbocycles. The van der Waals surface area contributed by atoms with E-state index in [0.29, 0.717) is 29.0 Å². The molecule has 0 spiro atoms. The van der Waals surface area contributed by atoms with E-state index in [1.54, 1.807) is 22.9 Å². The minimum atomic E-state index is -0.583. The average Bonchev–Trinajstić information content (AvgIpc) is 3.00. The Morgan fingerprint density at radius 3 is 2.46 bits per heavy atom. The number of primary amides is 1. The van der Waals surface area contributed by atoms with Gasteiger partial charge in [-0.2, -0.15) is 5.10 Å². The van der Waals surface area contributed by atoms with Crippen LogP contribution >= 0.6 is 0 Å². The lowest BCUT2D eigenvalue weighted by Crippen LogP contribution is -2.14. The number of rotatable bonds is 6. The molecule has 3 aromatic rings. The third kappa shape index (κ3) is 3.74. The van der Waals surface area contributed by atoms with E-state index in [2.05, 4.69) is 15.4 Å². The van der Waals surface area contributed by atoms with Crippen molar-refractivity contribution < 1.29 is 9.59 Å². The highest BCUT2D eigenvalue weighted by Gasteiger charge is 2.22. The minimum absolute atomic E-state index is 0.0953. The molecule has 0 unspecified atom stereocenters. The number of carbonyl (C=O) groups excluding carboxylic acids is 2. The van der Waals surface area contributed by atoms with Gasteiger partial charge in [-0.05, 0) is 43.0 Å². The summed E-state index contributed by atoms with van der Waals surface area (Å²) in [7, 11) is 0. The molecule has 2 aromatic heterocycles. The summed E-state index contributed by atoms with van der Waals surface area (Å²) in [6.07, 6.45) is 0.827. The quantitative estimate of drug-likeness (QED) is 0.682. The van der Waals surface area contributed by atoms with Gasteiger partial charge >= 0.3 is 0 Å². The lowest BCUT2D eigenvalue weighted by molar-refractivity contribution is 0.0993. The Balaban J connectivity index is 2.11. The number of aromatic nitrogens is 3. The third-order valence-corrected chi connectivity index (χ3v) is 4.58. The fourth-order valence-corrected chi connectivity index (χ4v) is 3.15. The summed E-state index contributed by atoms with van der Waals surface area (Å²) < 4.78 is 1.68. The number of carbonyl (C=O) groups is 2. The third-order valence-electron chi connectivity index (χ3n) is 4.58. The molecular weight excluding hydrogens is 354 g/mol. The standard InChI is InChI=1S/C21H25N5O2/c1-5-10-26-20-17(18(25-26)19(22)27)15(12(2)3)11-16(23-20)24-21(28)14-8-6-13(4)7-9-14/h6-9,11-12H,5,10H2,1-4H3,(H2,22,27)(H,23,24,28). The number of anilines is 1. The maximum Gasteiger partial charge on any atom is 0.269 e. The van der Waals surface area contributed by atoms with E-state index < -0.39 is 5.91 Å². The van der Waals surface area contributed by atoms with E-state index in [4.69, 9.17) is 5.73 Å². The van der Waals surface area contributed by atoms with E-state index in [-0.39, 0.29) is 17.5 Å². The van der Waals surface area contributed by atoms with Crippen LogP contribution < -0.4 is 11.1 Å². The highest BCUT2D eigenvalue weighted by atomic mass is 16.2. The van der Waals surface area contributed by atoms with Crippen molar-refractivity contribution in [2.24, 2.45) is 5.73 Å². The smallest absolute Gasteiger partial charge is 0.269 e. The molecule has 0 radical (unpaired) electrons. The van der Waals surface area contributed by atoms with E-state index in [0.717, 1.165) is 17.5 Å². The van der Waals surface area contributed by atoms with E-state index in [1.807, 2.05) is 39.8 Å². The Labute approximate surface area is 163 Å². The van der Waals surface area contributed by atoms with E-state index in [9.17, 15) is 9.59 Å². The van der Waals surface area contributed by atoms with E-state index >= 15 is 0 Å². The van der Waals surface area contributed by atoms with Crippen molar-refractivity contribution in [2.75, 3.05) is 5.32 Å². The van der Waals surface area contributed by atoms with Gasteiger partial charge in [0.25, 0.3) is 11.8 Å². The summed E-state index contributed by atoms with van der Waals surface area (Å²) in [6.45, 7) is 8.62. The van der Waals surface area contributed by atoms with Gasteiger partial charge in [0.05, 0.1) is 5.39 Å². The molecule has 0 fully saturated rings. The molecule has 1 aromatic carbocycles. The Hall–Kier alpha value is -3.22. The average molecular weight is 379 g/mol. The first kappa shape index (κ1) is 19.5. The number of pyridine rings is 1. The highest BCUT2D eigenvalue weighted by molar-refractivity contribution is 6.07. The number of amides is 2. The van der Waals surface area contributed by atoms with Gasteiger partial charge in [0.15, 0.2) is 11.3 Å². The Morgan fingerprint density at radius 2 is 1.89 bits per heavy atom. The molecule has 0 saturated heterocycles. The summed E-state index contributed by atoms with van der Waals surface area (Å²) >= 11 is 0. The second-order valence-electron chi connectivity index (χ2n) is 7.21. The van der Waals surface area contributed by atoms with Crippen molar-refractivity contribution in [2.45, 2.75) is 46.6 Å². The first-order chi connectivity index (χ1) is 13.3. The molecule has 0 atom stereocenters. The molecule has 7 heteroatoms. The van der Waals surface area contributed by atoms with Crippen LogP contribution in [0.4, 0.5) is 5.82 Å². The topological polar surface area (TPSA) is 103 Å². The molecule has 28 heavy (non-hydrogen) atoms. The van der Waals surface area contributed by atoms with Gasteiger partial charge in [-0.25, -0.2) is 9.67 Å². The maximum absolute atomic E-state index is 12.6. The van der Waals surface area contributed by atoms with Crippen LogP contribution in [0.15, 0.2) is 30.3 Å². The number of fused-ring (bicyclic) bond motifs is 1. The molecule has 3 rings (SSSR count).